The van der Waals surface area contributed by atoms with Crippen LogP contribution >= 0.6 is 0 Å². The molecule has 0 aromatic rings. The van der Waals surface area contributed by atoms with Crippen molar-refractivity contribution in [3.8, 4) is 0 Å². The molecule has 0 aromatic heterocycles. The van der Waals surface area contributed by atoms with Crippen molar-refractivity contribution < 1.29 is 0 Å². The Kier molecular flexibility index (Phi) is 6.25. The third kappa shape index (κ3) is 5.61. The van der Waals surface area contributed by atoms with Crippen LogP contribution in [0.15, 0.2) is 24.8 Å². The molecule has 10 heavy (non-hydrogen) atoms. The average molecular weight is 138 g/mol. The molecule has 0 N–H and O–H groups in total. The monoisotopic (exact) mass is 138 g/mol. The summed E-state index contributed by atoms with van der Waals surface area (Å²) in [7, 11) is 0. The van der Waals surface area contributed by atoms with Crippen LogP contribution in [-0.2, 0) is 0 Å². The van der Waals surface area contributed by atoms with Crippen molar-refractivity contribution >= 4 is 0 Å². The van der Waals surface area contributed by atoms with Gasteiger partial charge in [0, 0.05) is 0 Å². The summed E-state index contributed by atoms with van der Waals surface area (Å²) in [6.45, 7) is 9.74. The molecule has 0 aromatic carbocycles. The first kappa shape index (κ1) is 9.48. The zero-order valence-electron chi connectivity index (χ0n) is 7.03. The molecule has 0 saturated heterocycles. The highest BCUT2D eigenvalue weighted by Crippen LogP contribution is 2.08. The van der Waals surface area contributed by atoms with Crippen molar-refractivity contribution in [3.05, 3.63) is 24.8 Å². The molecule has 0 heterocycles. The van der Waals surface area contributed by atoms with Gasteiger partial charge in [-0.1, -0.05) is 51.0 Å². The Morgan fingerprint density at radius 2 is 2.00 bits per heavy atom. The Balaban J connectivity index is 3.03. The van der Waals surface area contributed by atoms with Gasteiger partial charge in [0.2, 0.25) is 0 Å². The van der Waals surface area contributed by atoms with Crippen LogP contribution in [0.5, 0.6) is 0 Å². The molecule has 0 radical (unpaired) electrons. The van der Waals surface area contributed by atoms with E-state index in [0.717, 1.165) is 6.42 Å². The Hall–Kier alpha value is -0.520. The minimum absolute atomic E-state index is 1.13. The zero-order valence-corrected chi connectivity index (χ0v) is 7.03. The average Bonchev–Trinajstić information content (AvgIpc) is 1.98. The van der Waals surface area contributed by atoms with Crippen LogP contribution in [0.25, 0.3) is 0 Å². The van der Waals surface area contributed by atoms with Crippen molar-refractivity contribution in [1.29, 1.82) is 0 Å². The Morgan fingerprint density at radius 3 is 2.50 bits per heavy atom. The predicted octanol–water partition coefficient (Wildman–Crippen LogP) is 3.70. The predicted molar refractivity (Wildman–Crippen MR) is 48.1 cm³/mol. The molecule has 0 rings (SSSR count). The first-order valence-corrected chi connectivity index (χ1v) is 4.11. The van der Waals surface area contributed by atoms with Crippen LogP contribution in [0, 0.1) is 0 Å². The van der Waals surface area contributed by atoms with Crippen LogP contribution in [-0.4, -0.2) is 0 Å². The van der Waals surface area contributed by atoms with Gasteiger partial charge in [0.1, 0.15) is 0 Å². The number of rotatable bonds is 6. The molecule has 0 aliphatic heterocycles. The quantitative estimate of drug-likeness (QED) is 0.388. The van der Waals surface area contributed by atoms with Crippen molar-refractivity contribution in [2.75, 3.05) is 0 Å². The molecule has 0 unspecified atom stereocenters. The summed E-state index contributed by atoms with van der Waals surface area (Å²) in [4.78, 5) is 0. The highest BCUT2D eigenvalue weighted by Gasteiger charge is 1.88. The summed E-state index contributed by atoms with van der Waals surface area (Å²) >= 11 is 0. The van der Waals surface area contributed by atoms with Gasteiger partial charge in [0.25, 0.3) is 0 Å². The van der Waals surface area contributed by atoms with Crippen molar-refractivity contribution in [2.45, 2.75) is 39.0 Å². The lowest BCUT2D eigenvalue weighted by Gasteiger charge is -1.97. The van der Waals surface area contributed by atoms with E-state index in [1.807, 2.05) is 6.08 Å². The van der Waals surface area contributed by atoms with Gasteiger partial charge in [0.05, 0.1) is 0 Å². The minimum Gasteiger partial charge on any atom is -0.0988 e. The molecule has 0 nitrogen and oxygen atoms in total. The van der Waals surface area contributed by atoms with Gasteiger partial charge < -0.3 is 0 Å². The Bertz CT molecular complexity index is 101. The molecule has 0 aliphatic carbocycles. The molecule has 0 atom stereocenters. The molecular formula is C10H18. The summed E-state index contributed by atoms with van der Waals surface area (Å²) in [6, 6.07) is 0. The summed E-state index contributed by atoms with van der Waals surface area (Å²) in [5, 5.41) is 0. The number of hydrogen-bond acceptors (Lipinski definition) is 0. The number of unbranched alkanes of at least 4 members (excludes halogenated alkanes) is 3. The lowest BCUT2D eigenvalue weighted by Crippen LogP contribution is -1.78. The van der Waals surface area contributed by atoms with Gasteiger partial charge in [-0.05, 0) is 12.8 Å². The maximum Gasteiger partial charge on any atom is -0.0285 e. The van der Waals surface area contributed by atoms with E-state index in [4.69, 9.17) is 0 Å². The fraction of sp³-hybridized carbons (Fsp3) is 0.600. The molecule has 0 amide bonds. The van der Waals surface area contributed by atoms with E-state index < -0.39 is 0 Å². The SMILES string of the molecule is C=CC(=C)CCCCCC. The molecule has 0 bridgehead atoms. The molecule has 58 valence electrons. The van der Waals surface area contributed by atoms with Gasteiger partial charge in [-0.25, -0.2) is 0 Å². The van der Waals surface area contributed by atoms with E-state index >= 15 is 0 Å². The van der Waals surface area contributed by atoms with Gasteiger partial charge in [-0.15, -0.1) is 0 Å². The summed E-state index contributed by atoms with van der Waals surface area (Å²) in [5.41, 5.74) is 1.18. The third-order valence-corrected chi connectivity index (χ3v) is 1.64. The largest absolute Gasteiger partial charge is 0.0988 e. The van der Waals surface area contributed by atoms with Gasteiger partial charge in [-0.3, -0.25) is 0 Å². The van der Waals surface area contributed by atoms with Crippen molar-refractivity contribution in [2.24, 2.45) is 0 Å². The third-order valence-electron chi connectivity index (χ3n) is 1.64. The fourth-order valence-electron chi connectivity index (χ4n) is 0.881. The van der Waals surface area contributed by atoms with E-state index in [0.29, 0.717) is 0 Å². The second kappa shape index (κ2) is 6.60. The second-order valence-electron chi connectivity index (χ2n) is 2.67. The summed E-state index contributed by atoms with van der Waals surface area (Å²) in [6.07, 6.45) is 8.25. The van der Waals surface area contributed by atoms with Crippen LogP contribution in [0.1, 0.15) is 39.0 Å². The van der Waals surface area contributed by atoms with E-state index in [1.54, 1.807) is 0 Å². The van der Waals surface area contributed by atoms with E-state index in [9.17, 15) is 0 Å². The minimum atomic E-state index is 1.13. The number of hydrogen-bond donors (Lipinski definition) is 0. The van der Waals surface area contributed by atoms with Crippen LogP contribution < -0.4 is 0 Å². The van der Waals surface area contributed by atoms with Crippen LogP contribution in [0.2, 0.25) is 0 Å². The smallest absolute Gasteiger partial charge is 0.0285 e. The van der Waals surface area contributed by atoms with Crippen LogP contribution in [0.4, 0.5) is 0 Å². The lowest BCUT2D eigenvalue weighted by molar-refractivity contribution is 0.669. The molecule has 0 aliphatic rings. The van der Waals surface area contributed by atoms with Crippen molar-refractivity contribution in [1.82, 2.24) is 0 Å². The topological polar surface area (TPSA) is 0 Å². The van der Waals surface area contributed by atoms with E-state index in [1.165, 1.54) is 31.3 Å². The normalized spacial score (nSPS) is 9.30. The molecule has 0 spiro atoms. The standard InChI is InChI=1S/C10H18/c1-4-6-7-8-9-10(3)5-2/h5H,2-4,6-9H2,1H3. The first-order chi connectivity index (χ1) is 4.81. The Morgan fingerprint density at radius 1 is 1.30 bits per heavy atom. The molecular weight excluding hydrogens is 120 g/mol. The van der Waals surface area contributed by atoms with Crippen molar-refractivity contribution in [3.63, 3.8) is 0 Å². The maximum atomic E-state index is 3.85. The first-order valence-electron chi connectivity index (χ1n) is 4.11. The van der Waals surface area contributed by atoms with E-state index in [-0.39, 0.29) is 0 Å². The highest BCUT2D eigenvalue weighted by atomic mass is 13.9. The molecule has 0 fully saturated rings. The van der Waals surface area contributed by atoms with E-state index in [2.05, 4.69) is 20.1 Å². The zero-order chi connectivity index (χ0) is 7.82. The lowest BCUT2D eigenvalue weighted by atomic mass is 10.1. The second-order valence-corrected chi connectivity index (χ2v) is 2.67. The summed E-state index contributed by atoms with van der Waals surface area (Å²) in [5.74, 6) is 0. The number of allylic oxidation sites excluding steroid dienone is 2. The molecule has 0 heteroatoms. The Labute approximate surface area is 64.6 Å². The fourth-order valence-corrected chi connectivity index (χ4v) is 0.881. The molecule has 0 saturated carbocycles. The maximum absolute atomic E-state index is 3.85. The van der Waals surface area contributed by atoms with Gasteiger partial charge in [-0.2, -0.15) is 0 Å². The van der Waals surface area contributed by atoms with Crippen LogP contribution in [0.3, 0.4) is 0 Å². The highest BCUT2D eigenvalue weighted by molar-refractivity contribution is 5.10. The summed E-state index contributed by atoms with van der Waals surface area (Å²) < 4.78 is 0. The van der Waals surface area contributed by atoms with Gasteiger partial charge in [0.15, 0.2) is 0 Å². The van der Waals surface area contributed by atoms with Gasteiger partial charge >= 0.3 is 0 Å².